The molecule has 0 saturated heterocycles. The molecular formula is C9H9Cl2N3. The van der Waals surface area contributed by atoms with E-state index in [1.165, 1.54) is 0 Å². The number of halogens is 2. The summed E-state index contributed by atoms with van der Waals surface area (Å²) in [6.45, 7) is 0. The summed E-state index contributed by atoms with van der Waals surface area (Å²) in [5.74, 6) is 5.35. The van der Waals surface area contributed by atoms with Crippen molar-refractivity contribution >= 4 is 40.6 Å². The molecule has 1 aromatic heterocycles. The van der Waals surface area contributed by atoms with E-state index < -0.39 is 0 Å². The molecule has 0 radical (unpaired) electrons. The second-order valence-corrected chi connectivity index (χ2v) is 3.10. The Balaban J connectivity index is 0.000000980. The third-order valence-corrected chi connectivity index (χ3v) is 2.09. The Morgan fingerprint density at radius 2 is 2.07 bits per heavy atom. The molecule has 0 atom stereocenters. The van der Waals surface area contributed by atoms with Gasteiger partial charge in [0.2, 0.25) is 0 Å². The van der Waals surface area contributed by atoms with E-state index in [-0.39, 0.29) is 12.4 Å². The highest BCUT2D eigenvalue weighted by atomic mass is 35.5. The van der Waals surface area contributed by atoms with Crippen LogP contribution in [0.5, 0.6) is 0 Å². The Bertz CT molecular complexity index is 445. The van der Waals surface area contributed by atoms with Crippen molar-refractivity contribution in [3.05, 3.63) is 35.5 Å². The average molecular weight is 230 g/mol. The van der Waals surface area contributed by atoms with Crippen LogP contribution in [-0.4, -0.2) is 4.98 Å². The predicted octanol–water partition coefficient (Wildman–Crippen LogP) is 2.60. The van der Waals surface area contributed by atoms with Crippen molar-refractivity contribution in [1.29, 1.82) is 0 Å². The summed E-state index contributed by atoms with van der Waals surface area (Å²) in [6, 6.07) is 7.30. The first-order chi connectivity index (χ1) is 6.31. The summed E-state index contributed by atoms with van der Waals surface area (Å²) in [5, 5.41) is 1.61. The van der Waals surface area contributed by atoms with Gasteiger partial charge in [0.05, 0.1) is 11.2 Å². The molecular weight excluding hydrogens is 221 g/mol. The summed E-state index contributed by atoms with van der Waals surface area (Å²) < 4.78 is 0. The van der Waals surface area contributed by atoms with E-state index in [9.17, 15) is 0 Å². The SMILES string of the molecule is Cl.NNc1ccnc2ccc(Cl)cc12. The predicted molar refractivity (Wildman–Crippen MR) is 61.8 cm³/mol. The Morgan fingerprint density at radius 1 is 1.29 bits per heavy atom. The van der Waals surface area contributed by atoms with Crippen molar-refractivity contribution in [3.8, 4) is 0 Å². The smallest absolute Gasteiger partial charge is 0.0724 e. The quantitative estimate of drug-likeness (QED) is 0.584. The number of hydrazine groups is 1. The van der Waals surface area contributed by atoms with E-state index in [4.69, 9.17) is 17.4 Å². The van der Waals surface area contributed by atoms with E-state index in [0.29, 0.717) is 5.02 Å². The molecule has 2 aromatic rings. The Morgan fingerprint density at radius 3 is 2.79 bits per heavy atom. The standard InChI is InChI=1S/C9H8ClN3.ClH/c10-6-1-2-8-7(5-6)9(13-11)3-4-12-8;/h1-5H,11H2,(H,12,13);1H. The van der Waals surface area contributed by atoms with Crippen LogP contribution >= 0.6 is 24.0 Å². The third-order valence-electron chi connectivity index (χ3n) is 1.86. The molecule has 74 valence electrons. The average Bonchev–Trinajstić information content (AvgIpc) is 2.17. The number of nitrogen functional groups attached to an aromatic ring is 1. The summed E-state index contributed by atoms with van der Waals surface area (Å²) in [6.07, 6.45) is 1.70. The number of hydrogen-bond donors (Lipinski definition) is 2. The number of nitrogens with zero attached hydrogens (tertiary/aromatic N) is 1. The monoisotopic (exact) mass is 229 g/mol. The maximum Gasteiger partial charge on any atom is 0.0724 e. The number of pyridine rings is 1. The highest BCUT2D eigenvalue weighted by molar-refractivity contribution is 6.31. The maximum absolute atomic E-state index is 5.85. The Labute approximate surface area is 92.6 Å². The zero-order valence-electron chi connectivity index (χ0n) is 7.20. The van der Waals surface area contributed by atoms with Crippen molar-refractivity contribution < 1.29 is 0 Å². The van der Waals surface area contributed by atoms with Crippen molar-refractivity contribution in [2.45, 2.75) is 0 Å². The number of hydrogen-bond acceptors (Lipinski definition) is 3. The summed E-state index contributed by atoms with van der Waals surface area (Å²) >= 11 is 5.85. The van der Waals surface area contributed by atoms with E-state index in [0.717, 1.165) is 16.6 Å². The largest absolute Gasteiger partial charge is 0.323 e. The van der Waals surface area contributed by atoms with Crippen LogP contribution in [0.1, 0.15) is 0 Å². The van der Waals surface area contributed by atoms with Gasteiger partial charge in [0.25, 0.3) is 0 Å². The molecule has 3 nitrogen and oxygen atoms in total. The lowest BCUT2D eigenvalue weighted by Gasteiger charge is -2.04. The van der Waals surface area contributed by atoms with E-state index in [1.807, 2.05) is 12.1 Å². The molecule has 3 N–H and O–H groups in total. The van der Waals surface area contributed by atoms with Crippen LogP contribution in [0, 0.1) is 0 Å². The molecule has 0 aliphatic rings. The number of anilines is 1. The lowest BCUT2D eigenvalue weighted by atomic mass is 10.2. The van der Waals surface area contributed by atoms with E-state index in [1.54, 1.807) is 18.3 Å². The van der Waals surface area contributed by atoms with Crippen molar-refractivity contribution in [1.82, 2.24) is 4.98 Å². The molecule has 1 heterocycles. The summed E-state index contributed by atoms with van der Waals surface area (Å²) in [7, 11) is 0. The van der Waals surface area contributed by atoms with E-state index >= 15 is 0 Å². The number of benzene rings is 1. The molecule has 0 bridgehead atoms. The minimum Gasteiger partial charge on any atom is -0.323 e. The molecule has 0 aliphatic heterocycles. The van der Waals surface area contributed by atoms with Crippen molar-refractivity contribution in [3.63, 3.8) is 0 Å². The summed E-state index contributed by atoms with van der Waals surface area (Å²) in [5.41, 5.74) is 4.30. The fourth-order valence-corrected chi connectivity index (χ4v) is 1.42. The number of nitrogens with one attached hydrogen (secondary N) is 1. The van der Waals surface area contributed by atoms with Gasteiger partial charge in [0.1, 0.15) is 0 Å². The van der Waals surface area contributed by atoms with Gasteiger partial charge in [-0.2, -0.15) is 0 Å². The fourth-order valence-electron chi connectivity index (χ4n) is 1.24. The number of fused-ring (bicyclic) bond motifs is 1. The molecule has 2 rings (SSSR count). The van der Waals surface area contributed by atoms with Gasteiger partial charge < -0.3 is 5.43 Å². The first-order valence-electron chi connectivity index (χ1n) is 3.82. The number of aromatic nitrogens is 1. The van der Waals surface area contributed by atoms with Gasteiger partial charge in [-0.25, -0.2) is 0 Å². The van der Waals surface area contributed by atoms with E-state index in [2.05, 4.69) is 10.4 Å². The highest BCUT2D eigenvalue weighted by Crippen LogP contribution is 2.23. The van der Waals surface area contributed by atoms with Crippen LogP contribution in [-0.2, 0) is 0 Å². The van der Waals surface area contributed by atoms with Gasteiger partial charge in [-0.15, -0.1) is 12.4 Å². The van der Waals surface area contributed by atoms with Gasteiger partial charge in [0.15, 0.2) is 0 Å². The molecule has 0 saturated carbocycles. The highest BCUT2D eigenvalue weighted by Gasteiger charge is 2.00. The topological polar surface area (TPSA) is 50.9 Å². The second-order valence-electron chi connectivity index (χ2n) is 2.66. The van der Waals surface area contributed by atoms with Gasteiger partial charge in [-0.3, -0.25) is 10.8 Å². The minimum atomic E-state index is 0. The lowest BCUT2D eigenvalue weighted by Crippen LogP contribution is -2.07. The molecule has 0 aliphatic carbocycles. The Hall–Kier alpha value is -1.03. The van der Waals surface area contributed by atoms with Crippen LogP contribution in [0.15, 0.2) is 30.5 Å². The molecule has 5 heteroatoms. The first kappa shape index (κ1) is 11.0. The molecule has 0 spiro atoms. The van der Waals surface area contributed by atoms with Gasteiger partial charge in [-0.1, -0.05) is 11.6 Å². The van der Waals surface area contributed by atoms with Crippen molar-refractivity contribution in [2.24, 2.45) is 5.84 Å². The van der Waals surface area contributed by atoms with Gasteiger partial charge >= 0.3 is 0 Å². The van der Waals surface area contributed by atoms with Crippen LogP contribution in [0.3, 0.4) is 0 Å². The summed E-state index contributed by atoms with van der Waals surface area (Å²) in [4.78, 5) is 4.18. The number of nitrogens with two attached hydrogens (primary N) is 1. The molecule has 0 unspecified atom stereocenters. The Kier molecular flexibility index (Phi) is 3.52. The maximum atomic E-state index is 5.85. The van der Waals surface area contributed by atoms with Crippen LogP contribution in [0.2, 0.25) is 5.02 Å². The van der Waals surface area contributed by atoms with Gasteiger partial charge in [-0.05, 0) is 24.3 Å². The van der Waals surface area contributed by atoms with Crippen LogP contribution < -0.4 is 11.3 Å². The zero-order valence-corrected chi connectivity index (χ0v) is 8.77. The van der Waals surface area contributed by atoms with Crippen LogP contribution in [0.25, 0.3) is 10.9 Å². The second kappa shape index (κ2) is 4.46. The zero-order chi connectivity index (χ0) is 9.26. The molecule has 1 aromatic carbocycles. The lowest BCUT2D eigenvalue weighted by molar-refractivity contribution is 1.33. The first-order valence-corrected chi connectivity index (χ1v) is 4.20. The van der Waals surface area contributed by atoms with Gasteiger partial charge in [0, 0.05) is 16.6 Å². The van der Waals surface area contributed by atoms with Crippen molar-refractivity contribution in [2.75, 3.05) is 5.43 Å². The molecule has 0 amide bonds. The molecule has 0 fully saturated rings. The third kappa shape index (κ3) is 1.90. The normalized spacial score (nSPS) is 9.57. The fraction of sp³-hybridized carbons (Fsp3) is 0. The number of rotatable bonds is 1. The molecule has 14 heavy (non-hydrogen) atoms. The van der Waals surface area contributed by atoms with Crippen LogP contribution in [0.4, 0.5) is 5.69 Å². The minimum absolute atomic E-state index is 0.